The number of likely N-dealkylation sites (tertiary alicyclic amines) is 1. The van der Waals surface area contributed by atoms with E-state index in [1.165, 1.54) is 0 Å². The van der Waals surface area contributed by atoms with Crippen LogP contribution in [0.15, 0.2) is 30.5 Å². The van der Waals surface area contributed by atoms with Gasteiger partial charge in [0.15, 0.2) is 11.5 Å². The van der Waals surface area contributed by atoms with Crippen molar-refractivity contribution in [3.8, 4) is 11.5 Å². The number of nitrogens with zero attached hydrogens (tertiary/aromatic N) is 3. The van der Waals surface area contributed by atoms with E-state index < -0.39 is 12.1 Å². The Bertz CT molecular complexity index is 830. The molecule has 1 fully saturated rings. The Morgan fingerprint density at radius 2 is 2.03 bits per heavy atom. The van der Waals surface area contributed by atoms with Gasteiger partial charge in [-0.3, -0.25) is 0 Å². The van der Waals surface area contributed by atoms with Gasteiger partial charge < -0.3 is 14.4 Å². The molecule has 1 aromatic carbocycles. The SMILES string of the molecule is CCc1ccnc(Cc2ccc(OC)c(OCCCN3CCC(C(F)(F)F)C3)c2)n1. The Hall–Kier alpha value is -2.35. The highest BCUT2D eigenvalue weighted by Crippen LogP contribution is 2.33. The molecule has 164 valence electrons. The zero-order valence-electron chi connectivity index (χ0n) is 17.4. The van der Waals surface area contributed by atoms with Crippen LogP contribution in [0.4, 0.5) is 13.2 Å². The lowest BCUT2D eigenvalue weighted by atomic mass is 10.1. The zero-order chi connectivity index (χ0) is 21.6. The number of ether oxygens (including phenoxy) is 2. The molecule has 3 rings (SSSR count). The zero-order valence-corrected chi connectivity index (χ0v) is 17.4. The Morgan fingerprint density at radius 1 is 1.20 bits per heavy atom. The number of benzene rings is 1. The molecule has 30 heavy (non-hydrogen) atoms. The van der Waals surface area contributed by atoms with E-state index in [-0.39, 0.29) is 13.0 Å². The Morgan fingerprint density at radius 3 is 2.73 bits per heavy atom. The Labute approximate surface area is 175 Å². The first-order valence-electron chi connectivity index (χ1n) is 10.3. The lowest BCUT2D eigenvalue weighted by molar-refractivity contribution is -0.170. The van der Waals surface area contributed by atoms with E-state index in [0.717, 1.165) is 23.5 Å². The minimum absolute atomic E-state index is 0.0825. The average molecular weight is 423 g/mol. The number of halogens is 3. The Kier molecular flexibility index (Phi) is 7.53. The maximum atomic E-state index is 12.8. The summed E-state index contributed by atoms with van der Waals surface area (Å²) in [5.41, 5.74) is 2.01. The molecule has 0 radical (unpaired) electrons. The second kappa shape index (κ2) is 10.1. The van der Waals surface area contributed by atoms with Crippen LogP contribution in [0, 0.1) is 5.92 Å². The van der Waals surface area contributed by atoms with Crippen molar-refractivity contribution >= 4 is 0 Å². The van der Waals surface area contributed by atoms with E-state index in [0.29, 0.717) is 44.0 Å². The highest BCUT2D eigenvalue weighted by Gasteiger charge is 2.43. The molecule has 0 spiro atoms. The van der Waals surface area contributed by atoms with Crippen molar-refractivity contribution in [2.24, 2.45) is 5.92 Å². The van der Waals surface area contributed by atoms with Crippen LogP contribution < -0.4 is 9.47 Å². The fourth-order valence-corrected chi connectivity index (χ4v) is 3.62. The Balaban J connectivity index is 1.53. The first-order chi connectivity index (χ1) is 14.4. The number of aryl methyl sites for hydroxylation is 1. The standard InChI is InChI=1S/C22H28F3N3O2/c1-3-18-7-9-26-21(27-18)14-16-5-6-19(29-2)20(13-16)30-12-4-10-28-11-8-17(15-28)22(23,24)25/h5-7,9,13,17H,3-4,8,10-12,14-15H2,1-2H3. The van der Waals surface area contributed by atoms with Crippen LogP contribution in [0.1, 0.15) is 36.8 Å². The van der Waals surface area contributed by atoms with Crippen LogP contribution in [0.25, 0.3) is 0 Å². The molecule has 8 heteroatoms. The summed E-state index contributed by atoms with van der Waals surface area (Å²) >= 11 is 0. The third kappa shape index (κ3) is 6.08. The summed E-state index contributed by atoms with van der Waals surface area (Å²) in [7, 11) is 1.58. The van der Waals surface area contributed by atoms with Crippen molar-refractivity contribution < 1.29 is 22.6 Å². The summed E-state index contributed by atoms with van der Waals surface area (Å²) in [4.78, 5) is 10.7. The van der Waals surface area contributed by atoms with Crippen LogP contribution in [0.3, 0.4) is 0 Å². The van der Waals surface area contributed by atoms with Gasteiger partial charge in [-0.1, -0.05) is 13.0 Å². The van der Waals surface area contributed by atoms with Crippen LogP contribution >= 0.6 is 0 Å². The monoisotopic (exact) mass is 423 g/mol. The second-order valence-electron chi connectivity index (χ2n) is 7.51. The largest absolute Gasteiger partial charge is 0.493 e. The summed E-state index contributed by atoms with van der Waals surface area (Å²) in [6.07, 6.45) is -0.0572. The maximum absolute atomic E-state index is 12.8. The molecule has 0 N–H and O–H groups in total. The van der Waals surface area contributed by atoms with Crippen molar-refractivity contribution in [1.82, 2.24) is 14.9 Å². The smallest absolute Gasteiger partial charge is 0.393 e. The first kappa shape index (κ1) is 22.3. The molecule has 2 heterocycles. The molecule has 0 bridgehead atoms. The molecule has 1 atom stereocenters. The highest BCUT2D eigenvalue weighted by molar-refractivity contribution is 5.43. The molecule has 0 aliphatic carbocycles. The van der Waals surface area contributed by atoms with Gasteiger partial charge in [0.05, 0.1) is 19.6 Å². The molecular weight excluding hydrogens is 395 g/mol. The minimum atomic E-state index is -4.10. The van der Waals surface area contributed by atoms with Gasteiger partial charge in [-0.25, -0.2) is 9.97 Å². The van der Waals surface area contributed by atoms with Crippen LogP contribution in [0.5, 0.6) is 11.5 Å². The predicted molar refractivity (Wildman–Crippen MR) is 108 cm³/mol. The highest BCUT2D eigenvalue weighted by atomic mass is 19.4. The number of alkyl halides is 3. The number of hydrogen-bond donors (Lipinski definition) is 0. The lowest BCUT2D eigenvalue weighted by Gasteiger charge is -2.18. The fraction of sp³-hybridized carbons (Fsp3) is 0.545. The van der Waals surface area contributed by atoms with Gasteiger partial charge in [0.2, 0.25) is 0 Å². The first-order valence-corrected chi connectivity index (χ1v) is 10.3. The number of rotatable bonds is 9. The third-order valence-corrected chi connectivity index (χ3v) is 5.33. The molecule has 0 amide bonds. The molecule has 1 aliphatic rings. The molecule has 2 aromatic rings. The number of methoxy groups -OCH3 is 1. The maximum Gasteiger partial charge on any atom is 0.393 e. The van der Waals surface area contributed by atoms with Gasteiger partial charge in [-0.05, 0) is 49.6 Å². The summed E-state index contributed by atoms with van der Waals surface area (Å²) in [6, 6.07) is 7.62. The van der Waals surface area contributed by atoms with Crippen LogP contribution in [-0.2, 0) is 12.8 Å². The topological polar surface area (TPSA) is 47.5 Å². The van der Waals surface area contributed by atoms with Gasteiger partial charge in [0.1, 0.15) is 5.82 Å². The van der Waals surface area contributed by atoms with Crippen molar-refractivity contribution in [3.63, 3.8) is 0 Å². The van der Waals surface area contributed by atoms with Crippen molar-refractivity contribution in [2.45, 2.75) is 38.8 Å². The van der Waals surface area contributed by atoms with Gasteiger partial charge in [0, 0.05) is 31.4 Å². The second-order valence-corrected chi connectivity index (χ2v) is 7.51. The van der Waals surface area contributed by atoms with E-state index in [4.69, 9.17) is 9.47 Å². The molecule has 1 saturated heterocycles. The molecule has 1 unspecified atom stereocenters. The van der Waals surface area contributed by atoms with E-state index in [1.807, 2.05) is 29.2 Å². The van der Waals surface area contributed by atoms with E-state index in [9.17, 15) is 13.2 Å². The van der Waals surface area contributed by atoms with Gasteiger partial charge in [-0.15, -0.1) is 0 Å². The normalized spacial score (nSPS) is 17.3. The van der Waals surface area contributed by atoms with E-state index in [2.05, 4.69) is 16.9 Å². The third-order valence-electron chi connectivity index (χ3n) is 5.33. The van der Waals surface area contributed by atoms with Crippen LogP contribution in [-0.4, -0.2) is 54.4 Å². The summed E-state index contributed by atoms with van der Waals surface area (Å²) < 4.78 is 49.6. The predicted octanol–water partition coefficient (Wildman–Crippen LogP) is 4.29. The number of aromatic nitrogens is 2. The van der Waals surface area contributed by atoms with Crippen molar-refractivity contribution in [2.75, 3.05) is 33.4 Å². The van der Waals surface area contributed by atoms with Crippen molar-refractivity contribution in [1.29, 1.82) is 0 Å². The van der Waals surface area contributed by atoms with Gasteiger partial charge >= 0.3 is 6.18 Å². The van der Waals surface area contributed by atoms with Gasteiger partial charge in [-0.2, -0.15) is 13.2 Å². The summed E-state index contributed by atoms with van der Waals surface area (Å²) in [5.74, 6) is 0.791. The summed E-state index contributed by atoms with van der Waals surface area (Å²) in [6.45, 7) is 3.62. The molecule has 0 saturated carbocycles. The fourth-order valence-electron chi connectivity index (χ4n) is 3.62. The van der Waals surface area contributed by atoms with Crippen LogP contribution in [0.2, 0.25) is 0 Å². The number of hydrogen-bond acceptors (Lipinski definition) is 5. The quantitative estimate of drug-likeness (QED) is 0.563. The van der Waals surface area contributed by atoms with E-state index >= 15 is 0 Å². The molecule has 1 aliphatic heterocycles. The molecular formula is C22H28F3N3O2. The average Bonchev–Trinajstić information content (AvgIpc) is 3.21. The lowest BCUT2D eigenvalue weighted by Crippen LogP contribution is -2.28. The van der Waals surface area contributed by atoms with Crippen molar-refractivity contribution in [3.05, 3.63) is 47.5 Å². The summed E-state index contributed by atoms with van der Waals surface area (Å²) in [5, 5.41) is 0. The molecule has 1 aromatic heterocycles. The molecule has 5 nitrogen and oxygen atoms in total. The van der Waals surface area contributed by atoms with E-state index in [1.54, 1.807) is 13.3 Å². The van der Waals surface area contributed by atoms with Gasteiger partial charge in [0.25, 0.3) is 0 Å². The minimum Gasteiger partial charge on any atom is -0.493 e.